The lowest BCUT2D eigenvalue weighted by Gasteiger charge is -2.35. The van der Waals surface area contributed by atoms with Gasteiger partial charge in [0.05, 0.1) is 6.54 Å². The molecule has 1 saturated heterocycles. The van der Waals surface area contributed by atoms with Gasteiger partial charge in [0, 0.05) is 19.6 Å². The van der Waals surface area contributed by atoms with Crippen molar-refractivity contribution in [1.82, 2.24) is 25.0 Å². The number of aromatic nitrogens is 3. The van der Waals surface area contributed by atoms with E-state index in [9.17, 15) is 0 Å². The molecule has 0 spiro atoms. The Kier molecular flexibility index (Phi) is 5.34. The topological polar surface area (TPSA) is 46.0 Å². The fourth-order valence-electron chi connectivity index (χ4n) is 2.72. The van der Waals surface area contributed by atoms with Gasteiger partial charge in [-0.1, -0.05) is 13.3 Å². The van der Waals surface area contributed by atoms with Gasteiger partial charge in [-0.2, -0.15) is 0 Å². The van der Waals surface area contributed by atoms with Gasteiger partial charge in [0.1, 0.15) is 11.6 Å². The number of aryl methyl sites for hydroxylation is 1. The first-order chi connectivity index (χ1) is 9.22. The van der Waals surface area contributed by atoms with Crippen LogP contribution in [0.4, 0.5) is 0 Å². The van der Waals surface area contributed by atoms with E-state index in [2.05, 4.69) is 39.0 Å². The lowest BCUT2D eigenvalue weighted by Crippen LogP contribution is -2.45. The molecule has 1 unspecified atom stereocenters. The van der Waals surface area contributed by atoms with Crippen molar-refractivity contribution < 1.29 is 0 Å². The van der Waals surface area contributed by atoms with Crippen LogP contribution in [0.15, 0.2) is 0 Å². The van der Waals surface area contributed by atoms with Gasteiger partial charge in [0.2, 0.25) is 0 Å². The average molecular weight is 265 g/mol. The summed E-state index contributed by atoms with van der Waals surface area (Å²) < 4.78 is 2.10. The molecule has 0 aliphatic carbocycles. The van der Waals surface area contributed by atoms with Crippen LogP contribution in [-0.2, 0) is 13.6 Å². The van der Waals surface area contributed by atoms with Crippen molar-refractivity contribution in [2.75, 3.05) is 19.6 Å². The van der Waals surface area contributed by atoms with Crippen LogP contribution in [0, 0.1) is 6.92 Å². The molecule has 0 aromatic carbocycles. The summed E-state index contributed by atoms with van der Waals surface area (Å²) in [5.74, 6) is 2.08. The highest BCUT2D eigenvalue weighted by molar-refractivity contribution is 4.94. The number of nitrogens with zero attached hydrogens (tertiary/aromatic N) is 4. The fraction of sp³-hybridized carbons (Fsp3) is 0.857. The maximum absolute atomic E-state index is 4.29. The summed E-state index contributed by atoms with van der Waals surface area (Å²) in [4.78, 5) is 2.57. The van der Waals surface area contributed by atoms with Crippen LogP contribution in [-0.4, -0.2) is 45.3 Å². The summed E-state index contributed by atoms with van der Waals surface area (Å²) in [6.45, 7) is 8.55. The van der Waals surface area contributed by atoms with Gasteiger partial charge >= 0.3 is 0 Å². The van der Waals surface area contributed by atoms with E-state index in [1.165, 1.54) is 32.2 Å². The van der Waals surface area contributed by atoms with Crippen molar-refractivity contribution >= 4 is 0 Å². The van der Waals surface area contributed by atoms with Crippen LogP contribution in [0.2, 0.25) is 0 Å². The minimum absolute atomic E-state index is 0.650. The molecule has 108 valence electrons. The van der Waals surface area contributed by atoms with Crippen molar-refractivity contribution in [3.8, 4) is 0 Å². The Morgan fingerprint density at radius 3 is 2.84 bits per heavy atom. The Labute approximate surface area is 116 Å². The second kappa shape index (κ2) is 7.01. The third kappa shape index (κ3) is 3.76. The summed E-state index contributed by atoms with van der Waals surface area (Å²) in [5, 5.41) is 12.0. The number of rotatable bonds is 6. The van der Waals surface area contributed by atoms with Crippen LogP contribution in [0.3, 0.4) is 0 Å². The summed E-state index contributed by atoms with van der Waals surface area (Å²) in [7, 11) is 2.05. The summed E-state index contributed by atoms with van der Waals surface area (Å²) >= 11 is 0. The van der Waals surface area contributed by atoms with Crippen molar-refractivity contribution in [2.24, 2.45) is 7.05 Å². The third-order valence-corrected chi connectivity index (χ3v) is 4.08. The smallest absolute Gasteiger partial charge is 0.146 e. The van der Waals surface area contributed by atoms with Gasteiger partial charge in [0.25, 0.3) is 0 Å². The molecule has 19 heavy (non-hydrogen) atoms. The standard InChI is InChI=1S/C14H27N5/c1-4-8-15-10-13-7-5-6-9-19(13)11-14-17-16-12(2)18(14)3/h13,15H,4-11H2,1-3H3. The predicted molar refractivity (Wildman–Crippen MR) is 76.9 cm³/mol. The SMILES string of the molecule is CCCNCC1CCCCN1Cc1nnc(C)n1C. The summed E-state index contributed by atoms with van der Waals surface area (Å²) in [6, 6.07) is 0.650. The molecular weight excluding hydrogens is 238 g/mol. The second-order valence-corrected chi connectivity index (χ2v) is 5.55. The van der Waals surface area contributed by atoms with E-state index in [-0.39, 0.29) is 0 Å². The predicted octanol–water partition coefficient (Wildman–Crippen LogP) is 1.48. The van der Waals surface area contributed by atoms with Crippen LogP contribution >= 0.6 is 0 Å². The van der Waals surface area contributed by atoms with Gasteiger partial charge in [-0.15, -0.1) is 10.2 Å². The van der Waals surface area contributed by atoms with Crippen LogP contribution in [0.5, 0.6) is 0 Å². The highest BCUT2D eigenvalue weighted by Crippen LogP contribution is 2.18. The van der Waals surface area contributed by atoms with Crippen molar-refractivity contribution in [3.63, 3.8) is 0 Å². The van der Waals surface area contributed by atoms with E-state index >= 15 is 0 Å². The maximum atomic E-state index is 4.29. The molecule has 2 rings (SSSR count). The van der Waals surface area contributed by atoms with Gasteiger partial charge in [-0.05, 0) is 39.3 Å². The molecule has 1 aromatic heterocycles. The first-order valence-electron chi connectivity index (χ1n) is 7.52. The summed E-state index contributed by atoms with van der Waals surface area (Å²) in [5.41, 5.74) is 0. The Hall–Kier alpha value is -0.940. The molecule has 0 amide bonds. The molecule has 1 aliphatic heterocycles. The lowest BCUT2D eigenvalue weighted by molar-refractivity contribution is 0.133. The Morgan fingerprint density at radius 2 is 2.16 bits per heavy atom. The molecule has 5 heteroatoms. The lowest BCUT2D eigenvalue weighted by atomic mass is 10.0. The Bertz CT molecular complexity index is 387. The van der Waals surface area contributed by atoms with Crippen molar-refractivity contribution in [2.45, 2.75) is 52.1 Å². The van der Waals surface area contributed by atoms with Crippen molar-refractivity contribution in [1.29, 1.82) is 0 Å². The molecule has 1 atom stereocenters. The molecule has 5 nitrogen and oxygen atoms in total. The molecule has 1 aromatic rings. The second-order valence-electron chi connectivity index (χ2n) is 5.55. The number of likely N-dealkylation sites (tertiary alicyclic amines) is 1. The van der Waals surface area contributed by atoms with Gasteiger partial charge in [-0.3, -0.25) is 4.90 Å². The van der Waals surface area contributed by atoms with Crippen LogP contribution in [0.25, 0.3) is 0 Å². The van der Waals surface area contributed by atoms with E-state index in [1.807, 2.05) is 6.92 Å². The zero-order valence-corrected chi connectivity index (χ0v) is 12.5. The Morgan fingerprint density at radius 1 is 1.32 bits per heavy atom. The maximum Gasteiger partial charge on any atom is 0.146 e. The molecule has 2 heterocycles. The summed E-state index contributed by atoms with van der Waals surface area (Å²) in [6.07, 6.45) is 5.16. The fourth-order valence-corrected chi connectivity index (χ4v) is 2.72. The van der Waals surface area contributed by atoms with Crippen LogP contribution < -0.4 is 5.32 Å². The van der Waals surface area contributed by atoms with Gasteiger partial charge < -0.3 is 9.88 Å². The van der Waals surface area contributed by atoms with E-state index in [0.29, 0.717) is 6.04 Å². The monoisotopic (exact) mass is 265 g/mol. The molecular formula is C14H27N5. The van der Waals surface area contributed by atoms with Gasteiger partial charge in [0.15, 0.2) is 0 Å². The molecule has 1 aliphatic rings. The highest BCUT2D eigenvalue weighted by Gasteiger charge is 2.23. The number of hydrogen-bond donors (Lipinski definition) is 1. The third-order valence-electron chi connectivity index (χ3n) is 4.08. The molecule has 0 radical (unpaired) electrons. The molecule has 1 fully saturated rings. The van der Waals surface area contributed by atoms with Crippen LogP contribution in [0.1, 0.15) is 44.3 Å². The molecule has 1 N–H and O–H groups in total. The number of hydrogen-bond acceptors (Lipinski definition) is 4. The Balaban J connectivity index is 1.93. The highest BCUT2D eigenvalue weighted by atomic mass is 15.3. The molecule has 0 saturated carbocycles. The average Bonchev–Trinajstić information content (AvgIpc) is 2.73. The first-order valence-corrected chi connectivity index (χ1v) is 7.52. The normalized spacial score (nSPS) is 20.9. The zero-order valence-electron chi connectivity index (χ0n) is 12.5. The zero-order chi connectivity index (χ0) is 13.7. The number of nitrogens with one attached hydrogen (secondary N) is 1. The quantitative estimate of drug-likeness (QED) is 0.791. The largest absolute Gasteiger partial charge is 0.317 e. The van der Waals surface area contributed by atoms with E-state index in [4.69, 9.17) is 0 Å². The minimum Gasteiger partial charge on any atom is -0.317 e. The minimum atomic E-state index is 0.650. The molecule has 0 bridgehead atoms. The van der Waals surface area contributed by atoms with Crippen molar-refractivity contribution in [3.05, 3.63) is 11.6 Å². The first kappa shape index (κ1) is 14.5. The van der Waals surface area contributed by atoms with E-state index in [1.54, 1.807) is 0 Å². The van der Waals surface area contributed by atoms with E-state index in [0.717, 1.165) is 31.3 Å². The van der Waals surface area contributed by atoms with E-state index < -0.39 is 0 Å². The van der Waals surface area contributed by atoms with Gasteiger partial charge in [-0.25, -0.2) is 0 Å². The number of piperidine rings is 1.